The minimum Gasteiger partial charge on any atom is -0.295 e. The van der Waals surface area contributed by atoms with E-state index in [-0.39, 0.29) is 0 Å². The molecule has 1 heterocycles. The van der Waals surface area contributed by atoms with Gasteiger partial charge in [0.05, 0.1) is 0 Å². The Kier molecular flexibility index (Phi) is 2.78. The normalized spacial score (nSPS) is 30.5. The molecule has 1 heteroatoms. The number of hydrogen-bond acceptors (Lipinski definition) is 1. The van der Waals surface area contributed by atoms with Crippen molar-refractivity contribution in [3.63, 3.8) is 0 Å². The smallest absolute Gasteiger partial charge is 0.0128 e. The van der Waals surface area contributed by atoms with Gasteiger partial charge >= 0.3 is 0 Å². The van der Waals surface area contributed by atoms with Crippen LogP contribution in [0.1, 0.15) is 54.4 Å². The van der Waals surface area contributed by atoms with E-state index in [0.29, 0.717) is 17.0 Å². The molecule has 0 aromatic rings. The predicted molar refractivity (Wildman–Crippen MR) is 58.9 cm³/mol. The Hall–Kier alpha value is -0.0400. The summed E-state index contributed by atoms with van der Waals surface area (Å²) in [5.74, 6) is 0. The Morgan fingerprint density at radius 1 is 1.23 bits per heavy atom. The van der Waals surface area contributed by atoms with E-state index >= 15 is 0 Å². The van der Waals surface area contributed by atoms with E-state index in [0.717, 1.165) is 0 Å². The lowest BCUT2D eigenvalue weighted by Gasteiger charge is -2.50. The molecule has 78 valence electrons. The first-order valence-corrected chi connectivity index (χ1v) is 5.52. The third-order valence-electron chi connectivity index (χ3n) is 3.68. The Morgan fingerprint density at radius 2 is 1.77 bits per heavy atom. The molecule has 0 radical (unpaired) electrons. The molecule has 0 bridgehead atoms. The zero-order chi connectivity index (χ0) is 10.3. The molecule has 0 aliphatic carbocycles. The van der Waals surface area contributed by atoms with Crippen LogP contribution >= 0.6 is 0 Å². The highest BCUT2D eigenvalue weighted by Gasteiger charge is 2.38. The van der Waals surface area contributed by atoms with Crippen LogP contribution in [0.2, 0.25) is 0 Å². The summed E-state index contributed by atoms with van der Waals surface area (Å²) in [6.07, 6.45) is 2.73. The fraction of sp³-hybridized carbons (Fsp3) is 1.00. The average molecular weight is 183 g/mol. The van der Waals surface area contributed by atoms with Gasteiger partial charge in [-0.2, -0.15) is 0 Å². The molecule has 0 spiro atoms. The molecule has 0 aromatic heterocycles. The summed E-state index contributed by atoms with van der Waals surface area (Å²) in [4.78, 5) is 2.65. The SMILES string of the molecule is CC1N(C(C)(C)C)CCCC1(C)C. The van der Waals surface area contributed by atoms with Crippen molar-refractivity contribution in [2.24, 2.45) is 5.41 Å². The van der Waals surface area contributed by atoms with Crippen molar-refractivity contribution < 1.29 is 0 Å². The highest BCUT2D eigenvalue weighted by Crippen LogP contribution is 2.37. The number of likely N-dealkylation sites (tertiary alicyclic amines) is 1. The second-order valence-electron chi connectivity index (χ2n) is 6.13. The molecule has 1 aliphatic rings. The van der Waals surface area contributed by atoms with E-state index in [1.807, 2.05) is 0 Å². The van der Waals surface area contributed by atoms with Crippen LogP contribution in [0.3, 0.4) is 0 Å². The first-order valence-electron chi connectivity index (χ1n) is 5.52. The second kappa shape index (κ2) is 3.27. The van der Waals surface area contributed by atoms with E-state index in [2.05, 4.69) is 46.4 Å². The highest BCUT2D eigenvalue weighted by molar-refractivity contribution is 4.92. The maximum Gasteiger partial charge on any atom is 0.0128 e. The zero-order valence-electron chi connectivity index (χ0n) is 10.1. The van der Waals surface area contributed by atoms with Crippen molar-refractivity contribution >= 4 is 0 Å². The van der Waals surface area contributed by atoms with Crippen LogP contribution in [-0.2, 0) is 0 Å². The van der Waals surface area contributed by atoms with E-state index in [1.54, 1.807) is 0 Å². The molecule has 13 heavy (non-hydrogen) atoms. The molecule has 0 aromatic carbocycles. The molecular weight excluding hydrogens is 158 g/mol. The lowest BCUT2D eigenvalue weighted by molar-refractivity contribution is -0.0129. The average Bonchev–Trinajstić information content (AvgIpc) is 1.92. The topological polar surface area (TPSA) is 3.24 Å². The van der Waals surface area contributed by atoms with Crippen LogP contribution in [0.5, 0.6) is 0 Å². The number of nitrogens with zero attached hydrogens (tertiary/aromatic N) is 1. The molecule has 1 atom stereocenters. The Labute approximate surface area is 83.5 Å². The second-order valence-corrected chi connectivity index (χ2v) is 6.13. The molecule has 0 amide bonds. The van der Waals surface area contributed by atoms with Gasteiger partial charge in [-0.15, -0.1) is 0 Å². The third kappa shape index (κ3) is 2.25. The van der Waals surface area contributed by atoms with Gasteiger partial charge in [-0.1, -0.05) is 13.8 Å². The van der Waals surface area contributed by atoms with Gasteiger partial charge in [-0.05, 0) is 52.5 Å². The van der Waals surface area contributed by atoms with E-state index in [1.165, 1.54) is 19.4 Å². The molecule has 0 saturated carbocycles. The molecule has 1 unspecified atom stereocenters. The molecule has 1 nitrogen and oxygen atoms in total. The summed E-state index contributed by atoms with van der Waals surface area (Å²) in [6, 6.07) is 0.709. The maximum absolute atomic E-state index is 2.65. The van der Waals surface area contributed by atoms with E-state index in [9.17, 15) is 0 Å². The summed E-state index contributed by atoms with van der Waals surface area (Å²) in [7, 11) is 0. The van der Waals surface area contributed by atoms with Crippen LogP contribution in [0.25, 0.3) is 0 Å². The van der Waals surface area contributed by atoms with Gasteiger partial charge in [0.15, 0.2) is 0 Å². The number of piperidine rings is 1. The fourth-order valence-electron chi connectivity index (χ4n) is 2.45. The van der Waals surface area contributed by atoms with Gasteiger partial charge in [-0.25, -0.2) is 0 Å². The summed E-state index contributed by atoms with van der Waals surface area (Å²) < 4.78 is 0. The van der Waals surface area contributed by atoms with Gasteiger partial charge in [-0.3, -0.25) is 4.90 Å². The van der Waals surface area contributed by atoms with Gasteiger partial charge in [0.25, 0.3) is 0 Å². The van der Waals surface area contributed by atoms with Gasteiger partial charge in [0, 0.05) is 11.6 Å². The van der Waals surface area contributed by atoms with Crippen molar-refractivity contribution in [2.45, 2.75) is 66.0 Å². The van der Waals surface area contributed by atoms with Crippen molar-refractivity contribution in [3.8, 4) is 0 Å². The van der Waals surface area contributed by atoms with Crippen molar-refractivity contribution in [2.75, 3.05) is 6.54 Å². The van der Waals surface area contributed by atoms with Crippen molar-refractivity contribution in [1.29, 1.82) is 0 Å². The minimum absolute atomic E-state index is 0.330. The van der Waals surface area contributed by atoms with Gasteiger partial charge in [0.1, 0.15) is 0 Å². The summed E-state index contributed by atoms with van der Waals surface area (Å²) in [6.45, 7) is 15.4. The molecule has 1 saturated heterocycles. The quantitative estimate of drug-likeness (QED) is 0.557. The Bertz CT molecular complexity index is 176. The molecular formula is C12H25N. The van der Waals surface area contributed by atoms with Crippen molar-refractivity contribution in [1.82, 2.24) is 4.90 Å². The first kappa shape index (κ1) is 11.0. The molecule has 1 rings (SSSR count). The summed E-state index contributed by atoms with van der Waals surface area (Å²) in [5, 5.41) is 0. The summed E-state index contributed by atoms with van der Waals surface area (Å²) >= 11 is 0. The van der Waals surface area contributed by atoms with Crippen LogP contribution in [-0.4, -0.2) is 23.0 Å². The molecule has 1 fully saturated rings. The summed E-state index contributed by atoms with van der Waals surface area (Å²) in [5.41, 5.74) is 0.822. The zero-order valence-corrected chi connectivity index (χ0v) is 10.1. The standard InChI is InChI=1S/C12H25N/c1-10-12(5,6)8-7-9-13(10)11(2,3)4/h10H,7-9H2,1-6H3. The molecule has 1 aliphatic heterocycles. The van der Waals surface area contributed by atoms with Gasteiger partial charge in [0.2, 0.25) is 0 Å². The highest BCUT2D eigenvalue weighted by atomic mass is 15.2. The van der Waals surface area contributed by atoms with E-state index < -0.39 is 0 Å². The number of hydrogen-bond donors (Lipinski definition) is 0. The predicted octanol–water partition coefficient (Wildman–Crippen LogP) is 3.30. The number of rotatable bonds is 0. The Morgan fingerprint density at radius 3 is 2.15 bits per heavy atom. The maximum atomic E-state index is 2.65. The Balaban J connectivity index is 2.77. The van der Waals surface area contributed by atoms with Gasteiger partial charge < -0.3 is 0 Å². The van der Waals surface area contributed by atoms with Crippen LogP contribution in [0, 0.1) is 5.41 Å². The van der Waals surface area contributed by atoms with E-state index in [4.69, 9.17) is 0 Å². The van der Waals surface area contributed by atoms with Crippen LogP contribution in [0.15, 0.2) is 0 Å². The lowest BCUT2D eigenvalue weighted by Crippen LogP contribution is -2.55. The lowest BCUT2D eigenvalue weighted by atomic mass is 9.75. The fourth-order valence-corrected chi connectivity index (χ4v) is 2.45. The van der Waals surface area contributed by atoms with Crippen LogP contribution < -0.4 is 0 Å². The van der Waals surface area contributed by atoms with Crippen LogP contribution in [0.4, 0.5) is 0 Å². The molecule has 0 N–H and O–H groups in total. The monoisotopic (exact) mass is 183 g/mol. The largest absolute Gasteiger partial charge is 0.295 e. The minimum atomic E-state index is 0.330. The first-order chi connectivity index (χ1) is 5.75. The van der Waals surface area contributed by atoms with Crippen molar-refractivity contribution in [3.05, 3.63) is 0 Å². The third-order valence-corrected chi connectivity index (χ3v) is 3.68.